The molecule has 2 aromatic rings. The van der Waals surface area contributed by atoms with Crippen LogP contribution in [0, 0.1) is 0 Å². The molecule has 0 bridgehead atoms. The molecule has 0 amide bonds. The van der Waals surface area contributed by atoms with E-state index in [2.05, 4.69) is 15.1 Å². The first-order chi connectivity index (χ1) is 11.2. The maximum atomic E-state index is 11.7. The maximum absolute atomic E-state index is 11.7. The molecule has 3 rings (SSSR count). The largest absolute Gasteiger partial charge is 0.490 e. The summed E-state index contributed by atoms with van der Waals surface area (Å²) >= 11 is 0. The van der Waals surface area contributed by atoms with Gasteiger partial charge in [0.15, 0.2) is 0 Å². The van der Waals surface area contributed by atoms with Crippen molar-refractivity contribution in [3.8, 4) is 5.75 Å². The molecule has 0 unspecified atom stereocenters. The summed E-state index contributed by atoms with van der Waals surface area (Å²) in [5.74, 6) is 1.26. The van der Waals surface area contributed by atoms with Gasteiger partial charge in [-0.25, -0.2) is 4.98 Å². The molecular formula is C17H22N4O2. The summed E-state index contributed by atoms with van der Waals surface area (Å²) in [6, 6.07) is 0. The lowest BCUT2D eigenvalue weighted by Gasteiger charge is -2.20. The summed E-state index contributed by atoms with van der Waals surface area (Å²) in [5, 5.41) is 4.64. The first kappa shape index (κ1) is 15.5. The molecule has 2 aromatic heterocycles. The normalized spacial score (nSPS) is 16.1. The van der Waals surface area contributed by atoms with Gasteiger partial charge in [-0.05, 0) is 25.0 Å². The summed E-state index contributed by atoms with van der Waals surface area (Å²) in [6.45, 7) is 0. The highest BCUT2D eigenvalue weighted by Gasteiger charge is 2.20. The number of H-pyrrole nitrogens is 1. The van der Waals surface area contributed by atoms with Crippen molar-refractivity contribution in [1.29, 1.82) is 0 Å². The van der Waals surface area contributed by atoms with E-state index >= 15 is 0 Å². The predicted molar refractivity (Wildman–Crippen MR) is 89.4 cm³/mol. The van der Waals surface area contributed by atoms with Gasteiger partial charge in [-0.1, -0.05) is 19.3 Å². The van der Waals surface area contributed by atoms with Crippen molar-refractivity contribution in [3.63, 3.8) is 0 Å². The van der Waals surface area contributed by atoms with Gasteiger partial charge in [0.1, 0.15) is 5.82 Å². The van der Waals surface area contributed by atoms with E-state index in [4.69, 9.17) is 4.74 Å². The van der Waals surface area contributed by atoms with Crippen molar-refractivity contribution >= 4 is 12.2 Å². The van der Waals surface area contributed by atoms with Crippen LogP contribution < -0.4 is 10.3 Å². The standard InChI is InChI=1S/C17H22N4O2/c1-21-11-13(16(20-21)12-6-4-3-5-7-12)8-9-15-18-10-14(23-2)17(22)19-15/h8-12H,3-7H2,1-2H3,(H,18,19,22)/b9-8+. The van der Waals surface area contributed by atoms with Crippen LogP contribution in [-0.4, -0.2) is 26.9 Å². The van der Waals surface area contributed by atoms with E-state index in [-0.39, 0.29) is 11.3 Å². The van der Waals surface area contributed by atoms with Crippen LogP contribution in [0.4, 0.5) is 0 Å². The van der Waals surface area contributed by atoms with Crippen LogP contribution in [0.5, 0.6) is 5.75 Å². The van der Waals surface area contributed by atoms with Gasteiger partial charge in [-0.2, -0.15) is 5.10 Å². The van der Waals surface area contributed by atoms with Gasteiger partial charge >= 0.3 is 0 Å². The van der Waals surface area contributed by atoms with Crippen LogP contribution in [0.2, 0.25) is 0 Å². The molecule has 23 heavy (non-hydrogen) atoms. The average molecular weight is 314 g/mol. The highest BCUT2D eigenvalue weighted by Crippen LogP contribution is 2.33. The first-order valence-corrected chi connectivity index (χ1v) is 8.02. The predicted octanol–water partition coefficient (Wildman–Crippen LogP) is 2.73. The molecular weight excluding hydrogens is 292 g/mol. The molecule has 0 spiro atoms. The Morgan fingerprint density at radius 1 is 1.30 bits per heavy atom. The summed E-state index contributed by atoms with van der Waals surface area (Å²) in [6.07, 6.45) is 13.5. The maximum Gasteiger partial charge on any atom is 0.293 e. The summed E-state index contributed by atoms with van der Waals surface area (Å²) in [7, 11) is 3.39. The van der Waals surface area contributed by atoms with Gasteiger partial charge < -0.3 is 9.72 Å². The molecule has 1 saturated carbocycles. The fraction of sp³-hybridized carbons (Fsp3) is 0.471. The first-order valence-electron chi connectivity index (χ1n) is 8.02. The van der Waals surface area contributed by atoms with Crippen LogP contribution in [0.25, 0.3) is 12.2 Å². The number of aryl methyl sites for hydroxylation is 1. The monoisotopic (exact) mass is 314 g/mol. The summed E-state index contributed by atoms with van der Waals surface area (Å²) in [5.41, 5.74) is 1.97. The smallest absolute Gasteiger partial charge is 0.293 e. The Morgan fingerprint density at radius 3 is 2.78 bits per heavy atom. The van der Waals surface area contributed by atoms with Crippen LogP contribution >= 0.6 is 0 Å². The van der Waals surface area contributed by atoms with E-state index in [0.717, 1.165) is 11.3 Å². The lowest BCUT2D eigenvalue weighted by Crippen LogP contribution is -2.11. The number of aromatic nitrogens is 4. The minimum atomic E-state index is -0.277. The third-order valence-electron chi connectivity index (χ3n) is 4.31. The highest BCUT2D eigenvalue weighted by atomic mass is 16.5. The minimum absolute atomic E-state index is 0.214. The van der Waals surface area contributed by atoms with E-state index in [1.54, 1.807) is 0 Å². The Kier molecular flexibility index (Phi) is 4.60. The number of rotatable bonds is 4. The molecule has 1 aliphatic carbocycles. The molecule has 1 N–H and O–H groups in total. The fourth-order valence-corrected chi connectivity index (χ4v) is 3.14. The Morgan fingerprint density at radius 2 is 2.09 bits per heavy atom. The average Bonchev–Trinajstić information content (AvgIpc) is 2.95. The Labute approximate surface area is 135 Å². The van der Waals surface area contributed by atoms with Crippen molar-refractivity contribution in [2.24, 2.45) is 7.05 Å². The van der Waals surface area contributed by atoms with Gasteiger partial charge in [0.25, 0.3) is 5.56 Å². The van der Waals surface area contributed by atoms with Crippen molar-refractivity contribution in [3.05, 3.63) is 39.8 Å². The quantitative estimate of drug-likeness (QED) is 0.942. The SMILES string of the molecule is COc1cnc(/C=C/c2cn(C)nc2C2CCCCC2)[nH]c1=O. The van der Waals surface area contributed by atoms with Crippen molar-refractivity contribution in [1.82, 2.24) is 19.7 Å². The Bertz CT molecular complexity index is 754. The van der Waals surface area contributed by atoms with Gasteiger partial charge in [0.2, 0.25) is 5.75 Å². The van der Waals surface area contributed by atoms with Crippen LogP contribution in [0.15, 0.2) is 17.2 Å². The molecule has 122 valence electrons. The zero-order valence-electron chi connectivity index (χ0n) is 13.6. The van der Waals surface area contributed by atoms with E-state index in [1.807, 2.05) is 30.1 Å². The molecule has 6 heteroatoms. The zero-order valence-corrected chi connectivity index (χ0v) is 13.6. The Hall–Kier alpha value is -2.37. The third kappa shape index (κ3) is 3.52. The van der Waals surface area contributed by atoms with E-state index < -0.39 is 0 Å². The molecule has 0 aliphatic heterocycles. The number of aromatic amines is 1. The lowest BCUT2D eigenvalue weighted by molar-refractivity contribution is 0.406. The van der Waals surface area contributed by atoms with Gasteiger partial charge in [-0.3, -0.25) is 9.48 Å². The van der Waals surface area contributed by atoms with Crippen LogP contribution in [0.3, 0.4) is 0 Å². The number of nitrogens with zero attached hydrogens (tertiary/aromatic N) is 3. The summed E-state index contributed by atoms with van der Waals surface area (Å²) < 4.78 is 6.78. The van der Waals surface area contributed by atoms with Gasteiger partial charge in [-0.15, -0.1) is 0 Å². The minimum Gasteiger partial charge on any atom is -0.490 e. The lowest BCUT2D eigenvalue weighted by atomic mass is 9.85. The van der Waals surface area contributed by atoms with Gasteiger partial charge in [0, 0.05) is 24.7 Å². The molecule has 0 aromatic carbocycles. The Balaban J connectivity index is 1.84. The van der Waals surface area contributed by atoms with Crippen LogP contribution in [-0.2, 0) is 7.05 Å². The van der Waals surface area contributed by atoms with Crippen molar-refractivity contribution in [2.45, 2.75) is 38.0 Å². The zero-order chi connectivity index (χ0) is 16.2. The second kappa shape index (κ2) is 6.81. The molecule has 0 radical (unpaired) electrons. The molecule has 2 heterocycles. The number of ether oxygens (including phenoxy) is 1. The number of nitrogens with one attached hydrogen (secondary N) is 1. The molecule has 1 aliphatic rings. The fourth-order valence-electron chi connectivity index (χ4n) is 3.14. The second-order valence-electron chi connectivity index (χ2n) is 5.98. The highest BCUT2D eigenvalue weighted by molar-refractivity contribution is 5.67. The van der Waals surface area contributed by atoms with Gasteiger partial charge in [0.05, 0.1) is 19.0 Å². The molecule has 1 fully saturated rings. The molecule has 0 atom stereocenters. The summed E-state index contributed by atoms with van der Waals surface area (Å²) in [4.78, 5) is 18.6. The third-order valence-corrected chi connectivity index (χ3v) is 4.31. The van der Waals surface area contributed by atoms with E-state index in [1.165, 1.54) is 45.4 Å². The van der Waals surface area contributed by atoms with Crippen LogP contribution in [0.1, 0.15) is 55.1 Å². The number of hydrogen-bond donors (Lipinski definition) is 1. The number of methoxy groups -OCH3 is 1. The second-order valence-corrected chi connectivity index (χ2v) is 5.98. The number of hydrogen-bond acceptors (Lipinski definition) is 4. The van der Waals surface area contributed by atoms with E-state index in [0.29, 0.717) is 11.7 Å². The van der Waals surface area contributed by atoms with E-state index in [9.17, 15) is 4.79 Å². The molecule has 6 nitrogen and oxygen atoms in total. The van der Waals surface area contributed by atoms with Crippen molar-refractivity contribution in [2.75, 3.05) is 7.11 Å². The molecule has 0 saturated heterocycles. The van der Waals surface area contributed by atoms with Crippen molar-refractivity contribution < 1.29 is 4.74 Å². The topological polar surface area (TPSA) is 72.8 Å².